The number of nitrogens with zero attached hydrogens (tertiary/aromatic N) is 2. The fourth-order valence-corrected chi connectivity index (χ4v) is 1.52. The fourth-order valence-electron chi connectivity index (χ4n) is 1.52. The van der Waals surface area contributed by atoms with E-state index in [0.717, 1.165) is 6.08 Å². The Labute approximate surface area is 78.4 Å². The van der Waals surface area contributed by atoms with Gasteiger partial charge in [-0.15, -0.1) is 0 Å². The van der Waals surface area contributed by atoms with Crippen LogP contribution < -0.4 is 0 Å². The van der Waals surface area contributed by atoms with E-state index in [-0.39, 0.29) is 0 Å². The Balaban J connectivity index is 0.000000149. The van der Waals surface area contributed by atoms with Gasteiger partial charge in [-0.3, -0.25) is 9.80 Å². The second kappa shape index (κ2) is 4.99. The molecule has 0 aromatic rings. The van der Waals surface area contributed by atoms with Gasteiger partial charge in [0.25, 0.3) is 0 Å². The van der Waals surface area contributed by atoms with Gasteiger partial charge in [-0.2, -0.15) is 0 Å². The molecule has 3 saturated heterocycles. The molecule has 74 valence electrons. The van der Waals surface area contributed by atoms with Crippen molar-refractivity contribution in [2.75, 3.05) is 39.3 Å². The minimum Gasteiger partial charge on any atom is -0.478 e. The predicted octanol–water partition coefficient (Wildman–Crippen LogP) is -0.125. The van der Waals surface area contributed by atoms with E-state index in [4.69, 9.17) is 5.11 Å². The zero-order chi connectivity index (χ0) is 9.68. The van der Waals surface area contributed by atoms with E-state index in [1.54, 1.807) is 0 Å². The molecule has 0 radical (unpaired) electrons. The second-order valence-corrected chi connectivity index (χ2v) is 3.23. The van der Waals surface area contributed by atoms with Gasteiger partial charge in [-0.1, -0.05) is 6.58 Å². The molecule has 0 unspecified atom stereocenters. The van der Waals surface area contributed by atoms with Crippen molar-refractivity contribution in [3.05, 3.63) is 12.7 Å². The number of hydrogen-bond donors (Lipinski definition) is 1. The molecule has 0 spiro atoms. The van der Waals surface area contributed by atoms with Crippen molar-refractivity contribution < 1.29 is 9.90 Å². The van der Waals surface area contributed by atoms with Crippen LogP contribution in [0.2, 0.25) is 0 Å². The molecule has 4 nitrogen and oxygen atoms in total. The number of carboxylic acids is 1. The Bertz CT molecular complexity index is 163. The first kappa shape index (κ1) is 10.2. The largest absolute Gasteiger partial charge is 0.478 e. The Morgan fingerprint density at radius 2 is 1.31 bits per heavy atom. The maximum absolute atomic E-state index is 9.25. The summed E-state index contributed by atoms with van der Waals surface area (Å²) in [5, 5.41) is 7.60. The molecule has 3 heterocycles. The number of aliphatic carboxylic acids is 1. The third kappa shape index (κ3) is 3.57. The van der Waals surface area contributed by atoms with Gasteiger partial charge in [0.15, 0.2) is 0 Å². The molecule has 0 amide bonds. The minimum atomic E-state index is -0.981. The number of rotatable bonds is 1. The summed E-state index contributed by atoms with van der Waals surface area (Å²) in [4.78, 5) is 14.3. The van der Waals surface area contributed by atoms with Crippen molar-refractivity contribution in [3.63, 3.8) is 0 Å². The highest BCUT2D eigenvalue weighted by Gasteiger charge is 2.21. The van der Waals surface area contributed by atoms with E-state index >= 15 is 0 Å². The van der Waals surface area contributed by atoms with Crippen molar-refractivity contribution in [2.24, 2.45) is 0 Å². The van der Waals surface area contributed by atoms with Crippen LogP contribution in [0.1, 0.15) is 0 Å². The number of carboxylic acid groups (broad SMARTS) is 1. The first-order chi connectivity index (χ1) is 6.22. The molecule has 0 saturated carbocycles. The Kier molecular flexibility index (Phi) is 3.92. The Morgan fingerprint density at radius 3 is 1.38 bits per heavy atom. The summed E-state index contributed by atoms with van der Waals surface area (Å²) >= 11 is 0. The van der Waals surface area contributed by atoms with Crippen LogP contribution in [0.5, 0.6) is 0 Å². The summed E-state index contributed by atoms with van der Waals surface area (Å²) in [6, 6.07) is 0. The third-order valence-corrected chi connectivity index (χ3v) is 2.37. The molecule has 0 aromatic carbocycles. The first-order valence-corrected chi connectivity index (χ1v) is 4.52. The molecule has 2 bridgehead atoms. The smallest absolute Gasteiger partial charge is 0.327 e. The molecule has 0 atom stereocenters. The van der Waals surface area contributed by atoms with E-state index < -0.39 is 5.97 Å². The summed E-state index contributed by atoms with van der Waals surface area (Å²) in [6.07, 6.45) is 0.833. The van der Waals surface area contributed by atoms with Gasteiger partial charge < -0.3 is 5.11 Å². The van der Waals surface area contributed by atoms with E-state index in [1.165, 1.54) is 39.3 Å². The lowest BCUT2D eigenvalue weighted by Gasteiger charge is -2.41. The molecule has 3 aliphatic heterocycles. The summed E-state index contributed by atoms with van der Waals surface area (Å²) in [5.41, 5.74) is 0. The standard InChI is InChI=1S/C6H12N2.C3H4O2/c1-2-8-5-3-7(1)4-6-8;1-2-3(4)5/h1-6H2;2H,1H2,(H,4,5). The van der Waals surface area contributed by atoms with E-state index in [9.17, 15) is 4.79 Å². The van der Waals surface area contributed by atoms with Gasteiger partial charge in [0.1, 0.15) is 0 Å². The average Bonchev–Trinajstić information content (AvgIpc) is 2.21. The van der Waals surface area contributed by atoms with Gasteiger partial charge in [0, 0.05) is 45.3 Å². The average molecular weight is 184 g/mol. The third-order valence-electron chi connectivity index (χ3n) is 2.37. The number of carbonyl (C=O) groups is 1. The first-order valence-electron chi connectivity index (χ1n) is 4.52. The molecular formula is C9H16N2O2. The summed E-state index contributed by atoms with van der Waals surface area (Å²) in [6.45, 7) is 10.9. The molecule has 0 aromatic heterocycles. The van der Waals surface area contributed by atoms with Crippen LogP contribution in [0.15, 0.2) is 12.7 Å². The molecule has 0 aliphatic carbocycles. The maximum atomic E-state index is 9.25. The molecule has 3 fully saturated rings. The van der Waals surface area contributed by atoms with Crippen LogP contribution >= 0.6 is 0 Å². The van der Waals surface area contributed by atoms with Crippen LogP contribution in [-0.2, 0) is 4.79 Å². The van der Waals surface area contributed by atoms with Gasteiger partial charge in [0.2, 0.25) is 0 Å². The molecule has 3 rings (SSSR count). The molecule has 3 aliphatic rings. The van der Waals surface area contributed by atoms with E-state index in [2.05, 4.69) is 16.4 Å². The van der Waals surface area contributed by atoms with Crippen LogP contribution in [0.25, 0.3) is 0 Å². The number of hydrogen-bond acceptors (Lipinski definition) is 3. The lowest BCUT2D eigenvalue weighted by Crippen LogP contribution is -2.55. The van der Waals surface area contributed by atoms with Crippen LogP contribution in [0, 0.1) is 0 Å². The van der Waals surface area contributed by atoms with Gasteiger partial charge >= 0.3 is 5.97 Å². The Hall–Kier alpha value is -0.870. The molecular weight excluding hydrogens is 168 g/mol. The van der Waals surface area contributed by atoms with Crippen LogP contribution in [-0.4, -0.2) is 60.1 Å². The summed E-state index contributed by atoms with van der Waals surface area (Å²) in [5.74, 6) is -0.981. The van der Waals surface area contributed by atoms with E-state index in [1.807, 2.05) is 0 Å². The van der Waals surface area contributed by atoms with Crippen molar-refractivity contribution in [3.8, 4) is 0 Å². The van der Waals surface area contributed by atoms with Gasteiger partial charge in [-0.05, 0) is 0 Å². The van der Waals surface area contributed by atoms with Gasteiger partial charge in [0.05, 0.1) is 0 Å². The number of fused-ring (bicyclic) bond motifs is 3. The topological polar surface area (TPSA) is 43.8 Å². The summed E-state index contributed by atoms with van der Waals surface area (Å²) < 4.78 is 0. The zero-order valence-corrected chi connectivity index (χ0v) is 7.78. The normalized spacial score (nSPS) is 30.2. The fraction of sp³-hybridized carbons (Fsp3) is 0.667. The zero-order valence-electron chi connectivity index (χ0n) is 7.78. The highest BCUT2D eigenvalue weighted by atomic mass is 16.4. The summed E-state index contributed by atoms with van der Waals surface area (Å²) in [7, 11) is 0. The Morgan fingerprint density at radius 1 is 1.08 bits per heavy atom. The number of piperazine rings is 3. The molecule has 13 heavy (non-hydrogen) atoms. The van der Waals surface area contributed by atoms with Crippen molar-refractivity contribution in [2.45, 2.75) is 0 Å². The van der Waals surface area contributed by atoms with Crippen LogP contribution in [0.4, 0.5) is 0 Å². The van der Waals surface area contributed by atoms with E-state index in [0.29, 0.717) is 0 Å². The van der Waals surface area contributed by atoms with Crippen molar-refractivity contribution in [1.29, 1.82) is 0 Å². The second-order valence-electron chi connectivity index (χ2n) is 3.23. The lowest BCUT2D eigenvalue weighted by molar-refractivity contribution is -0.131. The molecule has 1 N–H and O–H groups in total. The highest BCUT2D eigenvalue weighted by Crippen LogP contribution is 2.06. The monoisotopic (exact) mass is 184 g/mol. The molecule has 4 heteroatoms. The predicted molar refractivity (Wildman–Crippen MR) is 50.7 cm³/mol. The quantitative estimate of drug-likeness (QED) is 0.577. The van der Waals surface area contributed by atoms with Crippen LogP contribution in [0.3, 0.4) is 0 Å². The maximum Gasteiger partial charge on any atom is 0.327 e. The van der Waals surface area contributed by atoms with Crippen molar-refractivity contribution in [1.82, 2.24) is 9.80 Å². The van der Waals surface area contributed by atoms with Gasteiger partial charge in [-0.25, -0.2) is 4.79 Å². The lowest BCUT2D eigenvalue weighted by atomic mass is 10.2. The van der Waals surface area contributed by atoms with Crippen molar-refractivity contribution >= 4 is 5.97 Å². The highest BCUT2D eigenvalue weighted by molar-refractivity contribution is 5.78. The SMILES string of the molecule is C1CN2CCN1CC2.C=CC(=O)O. The minimum absolute atomic E-state index is 0.833.